The molecule has 0 atom stereocenters. The lowest BCUT2D eigenvalue weighted by Crippen LogP contribution is -2.38. The number of ether oxygens (including phenoxy) is 5. The van der Waals surface area contributed by atoms with E-state index in [-0.39, 0.29) is 71.1 Å². The van der Waals surface area contributed by atoms with Crippen molar-refractivity contribution in [3.05, 3.63) is 0 Å². The van der Waals surface area contributed by atoms with Crippen molar-refractivity contribution in [2.75, 3.05) is 53.2 Å². The molecule has 0 radical (unpaired) electrons. The van der Waals surface area contributed by atoms with Gasteiger partial charge in [0.25, 0.3) is 0 Å². The fourth-order valence-electron chi connectivity index (χ4n) is 2.76. The molecule has 0 saturated carbocycles. The Hall–Kier alpha value is -2.57. The molecule has 0 aromatic rings. The number of carbonyl (C=O) groups excluding carboxylic acids is 3. The summed E-state index contributed by atoms with van der Waals surface area (Å²) in [5.41, 5.74) is 5.92. The van der Waals surface area contributed by atoms with Crippen LogP contribution >= 0.6 is 7.75 Å². The van der Waals surface area contributed by atoms with E-state index in [0.717, 1.165) is 38.5 Å². The molecule has 0 rings (SSSR count). The second-order valence-electron chi connectivity index (χ2n) is 9.00. The normalized spacial score (nSPS) is 11.7. The zero-order valence-electron chi connectivity index (χ0n) is 24.6. The molecule has 0 fully saturated rings. The summed E-state index contributed by atoms with van der Waals surface area (Å²) in [6, 6.07) is 0. The second kappa shape index (κ2) is 23.2. The summed E-state index contributed by atoms with van der Waals surface area (Å²) in [4.78, 5) is 36.3. The molecule has 0 aliphatic heterocycles. The van der Waals surface area contributed by atoms with E-state index in [2.05, 4.69) is 4.76 Å². The Kier molecular flexibility index (Phi) is 21.7. The fourth-order valence-corrected chi connectivity index (χ4v) is 4.07. The Balaban J connectivity index is 4.83. The van der Waals surface area contributed by atoms with Gasteiger partial charge in [0.15, 0.2) is 0 Å². The van der Waals surface area contributed by atoms with Gasteiger partial charge in [-0.3, -0.25) is 13.8 Å². The van der Waals surface area contributed by atoms with Crippen molar-refractivity contribution in [3.63, 3.8) is 0 Å². The molecule has 0 spiro atoms. The van der Waals surface area contributed by atoms with Gasteiger partial charge in [-0.2, -0.15) is 0 Å². The van der Waals surface area contributed by atoms with E-state index in [1.165, 1.54) is 11.9 Å². The Morgan fingerprint density at radius 1 is 0.750 bits per heavy atom. The molecule has 0 unspecified atom stereocenters. The predicted molar refractivity (Wildman–Crippen MR) is 148 cm³/mol. The molecular formula is C25H48N3O11P. The lowest BCUT2D eigenvalue weighted by Gasteiger charge is -2.20. The van der Waals surface area contributed by atoms with Gasteiger partial charge in [-0.15, -0.1) is 4.76 Å². The highest BCUT2D eigenvalue weighted by atomic mass is 31.2. The molecular weight excluding hydrogens is 549 g/mol. The van der Waals surface area contributed by atoms with Gasteiger partial charge in [-0.05, 0) is 26.7 Å². The zero-order chi connectivity index (χ0) is 30.2. The van der Waals surface area contributed by atoms with Crippen LogP contribution in [0, 0.1) is 0 Å². The molecule has 0 aromatic heterocycles. The number of esters is 1. The summed E-state index contributed by atoms with van der Waals surface area (Å²) in [5.74, 6) is -0.826. The van der Waals surface area contributed by atoms with E-state index in [9.17, 15) is 18.9 Å². The van der Waals surface area contributed by atoms with Gasteiger partial charge in [0.05, 0.1) is 45.7 Å². The van der Waals surface area contributed by atoms with Crippen LogP contribution in [0.25, 0.3) is 0 Å². The standard InChI is InChI=1S/C25H48N3O11P/c1-6-8-10-14-33-24(30)35-16-12-18-37-40(32,27-23(26)28(5)20-22(29)39-21(3)4)38-19-13-17-36-25(31)34-15-11-9-7-2/h21H,6-20H2,1-5H3,(H2,26,27,32). The first-order chi connectivity index (χ1) is 19.0. The molecule has 0 aliphatic carbocycles. The highest BCUT2D eigenvalue weighted by molar-refractivity contribution is 7.52. The van der Waals surface area contributed by atoms with Crippen LogP contribution in [0.3, 0.4) is 0 Å². The predicted octanol–water partition coefficient (Wildman–Crippen LogP) is 4.79. The minimum atomic E-state index is -4.15. The van der Waals surface area contributed by atoms with E-state index < -0.39 is 26.0 Å². The van der Waals surface area contributed by atoms with E-state index in [1.54, 1.807) is 13.8 Å². The summed E-state index contributed by atoms with van der Waals surface area (Å²) in [6.07, 6.45) is 3.85. The molecule has 0 saturated heterocycles. The summed E-state index contributed by atoms with van der Waals surface area (Å²) in [5, 5.41) is 0. The third kappa shape index (κ3) is 21.3. The Bertz CT molecular complexity index is 758. The summed E-state index contributed by atoms with van der Waals surface area (Å²) in [6.45, 7) is 7.44. The molecule has 14 nitrogen and oxygen atoms in total. The van der Waals surface area contributed by atoms with Gasteiger partial charge in [0, 0.05) is 19.9 Å². The number of hydrogen-bond donors (Lipinski definition) is 1. The molecule has 0 amide bonds. The van der Waals surface area contributed by atoms with Crippen molar-refractivity contribution in [2.24, 2.45) is 10.5 Å². The third-order valence-corrected chi connectivity index (χ3v) is 6.28. The largest absolute Gasteiger partial charge is 0.508 e. The van der Waals surface area contributed by atoms with E-state index in [1.807, 2.05) is 13.8 Å². The van der Waals surface area contributed by atoms with Crippen LogP contribution in [0.5, 0.6) is 0 Å². The molecule has 0 heterocycles. The van der Waals surface area contributed by atoms with Crippen LogP contribution in [-0.4, -0.2) is 88.5 Å². The number of rotatable bonds is 22. The number of nitrogens with zero attached hydrogens (tertiary/aromatic N) is 2. The monoisotopic (exact) mass is 597 g/mol. The quantitative estimate of drug-likeness (QED) is 0.0451. The van der Waals surface area contributed by atoms with Gasteiger partial charge in [-0.25, -0.2) is 14.2 Å². The van der Waals surface area contributed by atoms with Crippen molar-refractivity contribution in [1.29, 1.82) is 0 Å². The third-order valence-electron chi connectivity index (χ3n) is 4.81. The van der Waals surface area contributed by atoms with Crippen molar-refractivity contribution in [1.82, 2.24) is 4.90 Å². The molecule has 234 valence electrons. The highest BCUT2D eigenvalue weighted by Crippen LogP contribution is 2.50. The zero-order valence-corrected chi connectivity index (χ0v) is 25.5. The molecule has 0 bridgehead atoms. The Morgan fingerprint density at radius 3 is 1.57 bits per heavy atom. The first-order valence-corrected chi connectivity index (χ1v) is 15.3. The molecule has 40 heavy (non-hydrogen) atoms. The second-order valence-corrected chi connectivity index (χ2v) is 10.7. The lowest BCUT2D eigenvalue weighted by atomic mass is 10.3. The lowest BCUT2D eigenvalue weighted by molar-refractivity contribution is -0.147. The van der Waals surface area contributed by atoms with Crippen LogP contribution in [-0.2, 0) is 42.1 Å². The topological polar surface area (TPSA) is 175 Å². The molecule has 2 N–H and O–H groups in total. The van der Waals surface area contributed by atoms with Crippen LogP contribution in [0.1, 0.15) is 79.1 Å². The van der Waals surface area contributed by atoms with E-state index in [4.69, 9.17) is 38.5 Å². The van der Waals surface area contributed by atoms with Gasteiger partial charge in [0.1, 0.15) is 6.54 Å². The molecule has 0 aromatic carbocycles. The fraction of sp³-hybridized carbons (Fsp3) is 0.840. The van der Waals surface area contributed by atoms with Gasteiger partial charge >= 0.3 is 26.0 Å². The molecule has 0 aliphatic rings. The SMILES string of the molecule is CCCCCOC(=O)OCCCOP(=O)(/N=C(\N)N(C)CC(=O)OC(C)C)OCCCOC(=O)OCCCCC. The van der Waals surface area contributed by atoms with Crippen LogP contribution < -0.4 is 5.73 Å². The average molecular weight is 598 g/mol. The van der Waals surface area contributed by atoms with Crippen molar-refractivity contribution < 1.29 is 51.7 Å². The van der Waals surface area contributed by atoms with Crippen molar-refractivity contribution >= 4 is 32.0 Å². The summed E-state index contributed by atoms with van der Waals surface area (Å²) in [7, 11) is -2.69. The number of hydrogen-bond acceptors (Lipinski definition) is 11. The number of carbonyl (C=O) groups is 3. The Morgan fingerprint density at radius 2 is 1.18 bits per heavy atom. The summed E-state index contributed by atoms with van der Waals surface area (Å²) >= 11 is 0. The minimum absolute atomic E-state index is 0.0407. The number of guanidine groups is 1. The van der Waals surface area contributed by atoms with Crippen LogP contribution in [0.15, 0.2) is 4.76 Å². The number of nitrogens with two attached hydrogens (primary N) is 1. The smallest absolute Gasteiger partial charge is 0.462 e. The maximum Gasteiger partial charge on any atom is 0.508 e. The number of likely N-dealkylation sites (N-methyl/N-ethyl adjacent to an activating group) is 1. The maximum atomic E-state index is 13.3. The van der Waals surface area contributed by atoms with Gasteiger partial charge in [-0.1, -0.05) is 39.5 Å². The Labute approximate surface area is 237 Å². The van der Waals surface area contributed by atoms with E-state index >= 15 is 0 Å². The highest BCUT2D eigenvalue weighted by Gasteiger charge is 2.26. The summed E-state index contributed by atoms with van der Waals surface area (Å²) < 4.78 is 52.8. The maximum absolute atomic E-state index is 13.3. The first-order valence-electron chi connectivity index (χ1n) is 13.8. The van der Waals surface area contributed by atoms with Crippen molar-refractivity contribution in [3.8, 4) is 0 Å². The number of unbranched alkanes of at least 4 members (excludes halogenated alkanes) is 4. The van der Waals surface area contributed by atoms with Gasteiger partial charge in [0.2, 0.25) is 5.96 Å². The average Bonchev–Trinajstić information content (AvgIpc) is 2.88. The first kappa shape index (κ1) is 37.4. The minimum Gasteiger partial charge on any atom is -0.462 e. The molecule has 15 heteroatoms. The van der Waals surface area contributed by atoms with Crippen molar-refractivity contribution in [2.45, 2.75) is 85.2 Å². The van der Waals surface area contributed by atoms with Gasteiger partial charge < -0.3 is 34.3 Å². The van der Waals surface area contributed by atoms with Crippen LogP contribution in [0.2, 0.25) is 0 Å². The van der Waals surface area contributed by atoms with Crippen LogP contribution in [0.4, 0.5) is 9.59 Å². The van der Waals surface area contributed by atoms with E-state index in [0.29, 0.717) is 0 Å².